The van der Waals surface area contributed by atoms with Gasteiger partial charge < -0.3 is 18.8 Å². The molecule has 0 bridgehead atoms. The molecule has 0 spiro atoms. The van der Waals surface area contributed by atoms with Crippen LogP contribution in [0.3, 0.4) is 0 Å². The Balaban J connectivity index is 0.000000343. The number of rotatable bonds is 4. The fraction of sp³-hybridized carbons (Fsp3) is 0.176. The highest BCUT2D eigenvalue weighted by atomic mass is 32.2. The number of aromatic hydroxyl groups is 1. The summed E-state index contributed by atoms with van der Waals surface area (Å²) in [6, 6.07) is 4.99. The Labute approximate surface area is 171 Å². The lowest BCUT2D eigenvalue weighted by atomic mass is 10.2. The Morgan fingerprint density at radius 2 is 1.32 bits per heavy atom. The van der Waals surface area contributed by atoms with E-state index in [-0.39, 0.29) is 11.3 Å². The van der Waals surface area contributed by atoms with Gasteiger partial charge in [0.1, 0.15) is 23.1 Å². The van der Waals surface area contributed by atoms with Gasteiger partial charge in [0.25, 0.3) is 0 Å². The number of carbonyl (C=O) groups is 2. The van der Waals surface area contributed by atoms with Crippen LogP contribution in [0.5, 0.6) is 11.5 Å². The highest BCUT2D eigenvalue weighted by Crippen LogP contribution is 2.27. The topological polar surface area (TPSA) is 116 Å². The number of carbonyl (C=O) groups excluding carboxylic acids is 2. The summed E-state index contributed by atoms with van der Waals surface area (Å²) in [5.41, 5.74) is -6.39. The third-order valence-electron chi connectivity index (χ3n) is 3.19. The van der Waals surface area contributed by atoms with E-state index in [1.807, 2.05) is 0 Å². The number of phenols is 1. The van der Waals surface area contributed by atoms with Gasteiger partial charge in [0.05, 0.1) is 25.3 Å². The molecule has 0 amide bonds. The van der Waals surface area contributed by atoms with E-state index in [4.69, 9.17) is 5.11 Å². The lowest BCUT2D eigenvalue weighted by Crippen LogP contribution is -2.28. The van der Waals surface area contributed by atoms with E-state index >= 15 is 0 Å². The Morgan fingerprint density at radius 3 is 1.71 bits per heavy atom. The zero-order valence-corrected chi connectivity index (χ0v) is 16.4. The van der Waals surface area contributed by atoms with E-state index < -0.39 is 50.5 Å². The number of halogens is 5. The fourth-order valence-corrected chi connectivity index (χ4v) is 2.23. The molecule has 2 rings (SSSR count). The first-order valence-corrected chi connectivity index (χ1v) is 9.09. The molecule has 14 heteroatoms. The number of hydrogen-bond donors (Lipinski definition) is 1. The smallest absolute Gasteiger partial charge is 0.508 e. The summed E-state index contributed by atoms with van der Waals surface area (Å²) in [6.45, 7) is 0. The highest BCUT2D eigenvalue weighted by Gasteiger charge is 2.48. The van der Waals surface area contributed by atoms with Crippen molar-refractivity contribution in [2.24, 2.45) is 0 Å². The molecule has 0 unspecified atom stereocenters. The van der Waals surface area contributed by atoms with Crippen LogP contribution in [0.15, 0.2) is 36.4 Å². The van der Waals surface area contributed by atoms with Gasteiger partial charge in [-0.3, -0.25) is 0 Å². The second-order valence-corrected chi connectivity index (χ2v) is 6.81. The maximum atomic E-state index is 13.3. The molecular formula is C17H13F5O8S. The zero-order valence-electron chi connectivity index (χ0n) is 15.6. The zero-order chi connectivity index (χ0) is 24.0. The normalized spacial score (nSPS) is 11.1. The minimum absolute atomic E-state index is 0.185. The summed E-state index contributed by atoms with van der Waals surface area (Å²) in [4.78, 5) is 21.8. The first-order valence-electron chi connectivity index (χ1n) is 7.69. The Morgan fingerprint density at radius 1 is 0.871 bits per heavy atom. The number of benzene rings is 2. The molecule has 2 aromatic rings. The SMILES string of the molecule is COC(=O)c1ccc(O)cc1F.COC(=O)c1ccc(OS(=O)(=O)C(F)(F)F)cc1F. The number of esters is 2. The molecule has 0 aliphatic rings. The Hall–Kier alpha value is -3.42. The molecule has 170 valence electrons. The molecule has 0 saturated heterocycles. The predicted octanol–water partition coefficient (Wildman–Crippen LogP) is 3.16. The van der Waals surface area contributed by atoms with Crippen molar-refractivity contribution in [2.75, 3.05) is 14.2 Å². The van der Waals surface area contributed by atoms with Gasteiger partial charge in [-0.15, -0.1) is 0 Å². The van der Waals surface area contributed by atoms with Crippen LogP contribution in [0.4, 0.5) is 22.0 Å². The van der Waals surface area contributed by atoms with E-state index in [2.05, 4.69) is 13.7 Å². The highest BCUT2D eigenvalue weighted by molar-refractivity contribution is 7.88. The summed E-state index contributed by atoms with van der Waals surface area (Å²) in [5, 5.41) is 8.80. The molecule has 0 aliphatic heterocycles. The third kappa shape index (κ3) is 6.80. The summed E-state index contributed by atoms with van der Waals surface area (Å²) in [6.07, 6.45) is 0. The first kappa shape index (κ1) is 25.6. The minimum atomic E-state index is -5.89. The molecule has 0 aliphatic carbocycles. The monoisotopic (exact) mass is 472 g/mol. The predicted molar refractivity (Wildman–Crippen MR) is 92.7 cm³/mol. The van der Waals surface area contributed by atoms with Gasteiger partial charge >= 0.3 is 27.6 Å². The van der Waals surface area contributed by atoms with Crippen LogP contribution in [0.1, 0.15) is 20.7 Å². The van der Waals surface area contributed by atoms with Crippen LogP contribution in [0.2, 0.25) is 0 Å². The minimum Gasteiger partial charge on any atom is -0.508 e. The largest absolute Gasteiger partial charge is 0.534 e. The second kappa shape index (κ2) is 10.1. The van der Waals surface area contributed by atoms with E-state index in [0.29, 0.717) is 12.1 Å². The quantitative estimate of drug-likeness (QED) is 0.312. The number of ether oxygens (including phenoxy) is 2. The lowest BCUT2D eigenvalue weighted by molar-refractivity contribution is -0.0500. The molecule has 2 aromatic carbocycles. The summed E-state index contributed by atoms with van der Waals surface area (Å²) in [5.74, 6) is -5.03. The molecule has 0 fully saturated rings. The molecule has 0 radical (unpaired) electrons. The van der Waals surface area contributed by atoms with Gasteiger partial charge in [0.15, 0.2) is 0 Å². The average Bonchev–Trinajstić information content (AvgIpc) is 2.66. The van der Waals surface area contributed by atoms with Gasteiger partial charge in [0, 0.05) is 12.1 Å². The maximum Gasteiger partial charge on any atom is 0.534 e. The van der Waals surface area contributed by atoms with Crippen LogP contribution in [0, 0.1) is 11.6 Å². The van der Waals surface area contributed by atoms with Crippen molar-refractivity contribution in [2.45, 2.75) is 5.51 Å². The van der Waals surface area contributed by atoms with E-state index in [1.54, 1.807) is 0 Å². The van der Waals surface area contributed by atoms with Crippen molar-refractivity contribution in [3.05, 3.63) is 59.2 Å². The van der Waals surface area contributed by atoms with Crippen molar-refractivity contribution in [3.63, 3.8) is 0 Å². The molecule has 31 heavy (non-hydrogen) atoms. The van der Waals surface area contributed by atoms with Crippen molar-refractivity contribution in [1.82, 2.24) is 0 Å². The number of methoxy groups -OCH3 is 2. The Kier molecular flexibility index (Phi) is 8.31. The van der Waals surface area contributed by atoms with Crippen LogP contribution >= 0.6 is 0 Å². The fourth-order valence-electron chi connectivity index (χ4n) is 1.78. The third-order valence-corrected chi connectivity index (χ3v) is 4.17. The van der Waals surface area contributed by atoms with Crippen molar-refractivity contribution in [1.29, 1.82) is 0 Å². The van der Waals surface area contributed by atoms with Crippen LogP contribution in [-0.2, 0) is 19.6 Å². The molecular weight excluding hydrogens is 459 g/mol. The average molecular weight is 472 g/mol. The van der Waals surface area contributed by atoms with Gasteiger partial charge in [-0.25, -0.2) is 18.4 Å². The van der Waals surface area contributed by atoms with E-state index in [1.165, 1.54) is 6.07 Å². The van der Waals surface area contributed by atoms with Crippen LogP contribution in [-0.4, -0.2) is 45.2 Å². The van der Waals surface area contributed by atoms with Gasteiger partial charge in [-0.2, -0.15) is 21.6 Å². The molecule has 0 saturated carbocycles. The van der Waals surface area contributed by atoms with Crippen LogP contribution in [0.25, 0.3) is 0 Å². The summed E-state index contributed by atoms with van der Waals surface area (Å²) >= 11 is 0. The second-order valence-electron chi connectivity index (χ2n) is 5.27. The summed E-state index contributed by atoms with van der Waals surface area (Å²) < 4.78 is 95.6. The Bertz CT molecular complexity index is 1070. The van der Waals surface area contributed by atoms with Crippen molar-refractivity contribution >= 4 is 22.1 Å². The van der Waals surface area contributed by atoms with Gasteiger partial charge in [-0.05, 0) is 24.3 Å². The number of alkyl halides is 3. The van der Waals surface area contributed by atoms with Crippen LogP contribution < -0.4 is 4.18 Å². The maximum absolute atomic E-state index is 13.3. The standard InChI is InChI=1S/C9H6F4O5S.C8H7FO3/c1-17-8(14)6-3-2-5(4-7(6)10)18-19(15,16)9(11,12)13;1-12-8(11)6-3-2-5(10)4-7(6)9/h2-4H,1H3;2-4,10H,1H3. The van der Waals surface area contributed by atoms with Gasteiger partial charge in [-0.1, -0.05) is 0 Å². The molecule has 0 heterocycles. The number of phenolic OH excluding ortho intramolecular Hbond substituents is 1. The number of hydrogen-bond acceptors (Lipinski definition) is 8. The van der Waals surface area contributed by atoms with E-state index in [0.717, 1.165) is 32.4 Å². The van der Waals surface area contributed by atoms with Crippen molar-refractivity contribution in [3.8, 4) is 11.5 Å². The molecule has 0 aromatic heterocycles. The molecule has 0 atom stereocenters. The van der Waals surface area contributed by atoms with Crippen molar-refractivity contribution < 1.29 is 58.7 Å². The van der Waals surface area contributed by atoms with E-state index in [9.17, 15) is 40.0 Å². The first-order chi connectivity index (χ1) is 14.2. The molecule has 1 N–H and O–H groups in total. The lowest BCUT2D eigenvalue weighted by Gasteiger charge is -2.10. The van der Waals surface area contributed by atoms with Gasteiger partial charge in [0.2, 0.25) is 0 Å². The summed E-state index contributed by atoms with van der Waals surface area (Å²) in [7, 11) is -3.76. The molecule has 8 nitrogen and oxygen atoms in total.